The summed E-state index contributed by atoms with van der Waals surface area (Å²) in [6, 6.07) is 0. The van der Waals surface area contributed by atoms with Gasteiger partial charge in [0.25, 0.3) is 10.0 Å². The highest BCUT2D eigenvalue weighted by Crippen LogP contribution is 2.14. The molecule has 0 bridgehead atoms. The maximum Gasteiger partial charge on any atom is 0.278 e. The summed E-state index contributed by atoms with van der Waals surface area (Å²) in [6.45, 7) is 4.22. The second-order valence-electron chi connectivity index (χ2n) is 3.37. The number of nitrogens with one attached hydrogen (secondary N) is 1. The number of nitrogens with zero attached hydrogens (tertiary/aromatic N) is 5. The van der Waals surface area contributed by atoms with E-state index in [2.05, 4.69) is 20.1 Å². The fraction of sp³-hybridized carbons (Fsp3) is 0.375. The largest absolute Gasteiger partial charge is 0.278 e. The van der Waals surface area contributed by atoms with E-state index in [1.807, 2.05) is 6.92 Å². The number of rotatable bonds is 4. The lowest BCUT2D eigenvalue weighted by Gasteiger charge is -2.07. The van der Waals surface area contributed by atoms with Crippen molar-refractivity contribution >= 4 is 10.0 Å². The topological polar surface area (TPSA) is 94.7 Å². The maximum atomic E-state index is 12.0. The van der Waals surface area contributed by atoms with E-state index in [0.717, 1.165) is 4.68 Å². The third kappa shape index (κ3) is 2.13. The Labute approximate surface area is 98.3 Å². The predicted molar refractivity (Wildman–Crippen MR) is 59.2 cm³/mol. The van der Waals surface area contributed by atoms with Crippen molar-refractivity contribution in [3.63, 3.8) is 0 Å². The number of hydrogen-bond donors (Lipinski definition) is 1. The van der Waals surface area contributed by atoms with E-state index in [9.17, 15) is 8.42 Å². The molecule has 2 aromatic rings. The van der Waals surface area contributed by atoms with Gasteiger partial charge in [-0.2, -0.15) is 13.5 Å². The van der Waals surface area contributed by atoms with Crippen molar-refractivity contribution in [2.75, 3.05) is 4.83 Å². The van der Waals surface area contributed by atoms with Gasteiger partial charge in [-0.3, -0.25) is 4.68 Å². The predicted octanol–water partition coefficient (Wildman–Crippen LogP) is -0.265. The second-order valence-corrected chi connectivity index (χ2v) is 5.00. The van der Waals surface area contributed by atoms with Crippen LogP contribution in [0.5, 0.6) is 0 Å². The molecule has 0 radical (unpaired) electrons. The highest BCUT2D eigenvalue weighted by molar-refractivity contribution is 7.92. The lowest BCUT2D eigenvalue weighted by molar-refractivity contribution is 0.592. The van der Waals surface area contributed by atoms with Crippen molar-refractivity contribution in [3.05, 3.63) is 24.5 Å². The van der Waals surface area contributed by atoms with Crippen molar-refractivity contribution in [3.8, 4) is 0 Å². The van der Waals surface area contributed by atoms with Gasteiger partial charge in [0.1, 0.15) is 17.6 Å². The fourth-order valence-corrected chi connectivity index (χ4v) is 2.60. The van der Waals surface area contributed by atoms with Crippen molar-refractivity contribution in [1.82, 2.24) is 24.7 Å². The average Bonchev–Trinajstić information content (AvgIpc) is 2.86. The van der Waals surface area contributed by atoms with Gasteiger partial charge in [-0.05, 0) is 13.8 Å². The fourth-order valence-electron chi connectivity index (χ4n) is 1.45. The molecule has 17 heavy (non-hydrogen) atoms. The molecular weight excluding hydrogens is 244 g/mol. The van der Waals surface area contributed by atoms with Crippen LogP contribution in [0.3, 0.4) is 0 Å². The zero-order valence-corrected chi connectivity index (χ0v) is 10.2. The Morgan fingerprint density at radius 3 is 2.53 bits per heavy atom. The molecule has 0 aromatic carbocycles. The molecule has 0 spiro atoms. The molecule has 0 amide bonds. The molecule has 0 aliphatic rings. The van der Waals surface area contributed by atoms with E-state index >= 15 is 0 Å². The standard InChI is InChI=1S/C8H12N6O2S/c1-3-14-7(2)8(4-11-14)17(15,16)12-13-5-9-10-6-13/h4-6,12H,3H2,1-2H3. The number of aromatic nitrogens is 5. The highest BCUT2D eigenvalue weighted by Gasteiger charge is 2.20. The third-order valence-corrected chi connectivity index (χ3v) is 3.72. The molecule has 92 valence electrons. The number of aryl methyl sites for hydroxylation is 1. The summed E-state index contributed by atoms with van der Waals surface area (Å²) in [5.41, 5.74) is 0.591. The molecule has 0 saturated carbocycles. The van der Waals surface area contributed by atoms with Crippen LogP contribution >= 0.6 is 0 Å². The first kappa shape index (κ1) is 11.6. The van der Waals surface area contributed by atoms with Crippen LogP contribution in [0.25, 0.3) is 0 Å². The van der Waals surface area contributed by atoms with Gasteiger partial charge in [-0.25, -0.2) is 9.51 Å². The lowest BCUT2D eigenvalue weighted by atomic mass is 10.5. The Balaban J connectivity index is 2.35. The first-order valence-corrected chi connectivity index (χ1v) is 6.42. The van der Waals surface area contributed by atoms with Crippen LogP contribution < -0.4 is 4.83 Å². The van der Waals surface area contributed by atoms with Crippen molar-refractivity contribution in [2.24, 2.45) is 0 Å². The quantitative estimate of drug-likeness (QED) is 0.813. The minimum absolute atomic E-state index is 0.146. The molecule has 2 heterocycles. The van der Waals surface area contributed by atoms with Crippen LogP contribution in [0, 0.1) is 6.92 Å². The monoisotopic (exact) mass is 256 g/mol. The molecule has 0 atom stereocenters. The summed E-state index contributed by atoms with van der Waals surface area (Å²) in [5, 5.41) is 11.0. The van der Waals surface area contributed by atoms with Crippen LogP contribution in [-0.2, 0) is 16.6 Å². The van der Waals surface area contributed by atoms with Gasteiger partial charge >= 0.3 is 0 Å². The molecular formula is C8H12N6O2S. The van der Waals surface area contributed by atoms with Gasteiger partial charge in [0.15, 0.2) is 0 Å². The molecule has 0 fully saturated rings. The average molecular weight is 256 g/mol. The Kier molecular flexibility index (Phi) is 2.84. The molecule has 0 saturated heterocycles. The summed E-state index contributed by atoms with van der Waals surface area (Å²) in [6.07, 6.45) is 3.85. The SMILES string of the molecule is CCn1ncc(S(=O)(=O)Nn2cnnc2)c1C. The van der Waals surface area contributed by atoms with Crippen molar-refractivity contribution in [2.45, 2.75) is 25.3 Å². The van der Waals surface area contributed by atoms with Gasteiger partial charge in [0.2, 0.25) is 0 Å². The first-order valence-electron chi connectivity index (χ1n) is 4.94. The number of sulfonamides is 1. The van der Waals surface area contributed by atoms with Crippen LogP contribution in [0.4, 0.5) is 0 Å². The van der Waals surface area contributed by atoms with E-state index in [0.29, 0.717) is 12.2 Å². The first-order chi connectivity index (χ1) is 8.04. The smallest absolute Gasteiger partial charge is 0.269 e. The van der Waals surface area contributed by atoms with Gasteiger partial charge in [0.05, 0.1) is 11.9 Å². The Morgan fingerprint density at radius 2 is 2.00 bits per heavy atom. The molecule has 2 rings (SSSR count). The normalized spacial score (nSPS) is 11.6. The van der Waals surface area contributed by atoms with Gasteiger partial charge in [-0.1, -0.05) is 0 Å². The minimum Gasteiger partial charge on any atom is -0.269 e. The van der Waals surface area contributed by atoms with E-state index < -0.39 is 10.0 Å². The van der Waals surface area contributed by atoms with Crippen LogP contribution in [0.1, 0.15) is 12.6 Å². The van der Waals surface area contributed by atoms with Gasteiger partial charge < -0.3 is 0 Å². The number of hydrogen-bond acceptors (Lipinski definition) is 5. The zero-order chi connectivity index (χ0) is 12.5. The van der Waals surface area contributed by atoms with E-state index in [1.165, 1.54) is 18.9 Å². The summed E-state index contributed by atoms with van der Waals surface area (Å²) >= 11 is 0. The summed E-state index contributed by atoms with van der Waals surface area (Å²) in [7, 11) is -3.65. The molecule has 0 unspecified atom stereocenters. The van der Waals surface area contributed by atoms with E-state index in [4.69, 9.17) is 0 Å². The molecule has 8 nitrogen and oxygen atoms in total. The van der Waals surface area contributed by atoms with Crippen LogP contribution in [0.15, 0.2) is 23.7 Å². The Morgan fingerprint density at radius 1 is 1.35 bits per heavy atom. The minimum atomic E-state index is -3.65. The maximum absolute atomic E-state index is 12.0. The van der Waals surface area contributed by atoms with Crippen molar-refractivity contribution in [1.29, 1.82) is 0 Å². The third-order valence-electron chi connectivity index (χ3n) is 2.29. The molecule has 0 aliphatic heterocycles. The molecule has 0 aliphatic carbocycles. The molecule has 2 aromatic heterocycles. The van der Waals surface area contributed by atoms with Crippen LogP contribution in [-0.4, -0.2) is 33.1 Å². The summed E-state index contributed by atoms with van der Waals surface area (Å²) in [5.74, 6) is 0. The Bertz CT molecular complexity index is 600. The molecule has 9 heteroatoms. The lowest BCUT2D eigenvalue weighted by Crippen LogP contribution is -2.22. The zero-order valence-electron chi connectivity index (χ0n) is 9.40. The molecule has 1 N–H and O–H groups in total. The van der Waals surface area contributed by atoms with Crippen molar-refractivity contribution < 1.29 is 8.42 Å². The second kappa shape index (κ2) is 4.17. The summed E-state index contributed by atoms with van der Waals surface area (Å²) < 4.78 is 26.8. The van der Waals surface area contributed by atoms with E-state index in [-0.39, 0.29) is 4.90 Å². The van der Waals surface area contributed by atoms with Gasteiger partial charge in [-0.15, -0.1) is 10.2 Å². The Hall–Kier alpha value is -1.90. The van der Waals surface area contributed by atoms with E-state index in [1.54, 1.807) is 11.6 Å². The van der Waals surface area contributed by atoms with Gasteiger partial charge in [0, 0.05) is 6.54 Å². The van der Waals surface area contributed by atoms with Crippen LogP contribution in [0.2, 0.25) is 0 Å². The summed E-state index contributed by atoms with van der Waals surface area (Å²) in [4.78, 5) is 2.45. The highest BCUT2D eigenvalue weighted by atomic mass is 32.2.